The van der Waals surface area contributed by atoms with Crippen molar-refractivity contribution in [2.75, 3.05) is 13.7 Å². The molecule has 0 radical (unpaired) electrons. The number of methoxy groups -OCH3 is 1. The first kappa shape index (κ1) is 15.6. The Balaban J connectivity index is 2.25. The molecule has 1 aliphatic rings. The van der Waals surface area contributed by atoms with Crippen LogP contribution in [0.1, 0.15) is 29.6 Å². The van der Waals surface area contributed by atoms with E-state index in [0.717, 1.165) is 16.4 Å². The van der Waals surface area contributed by atoms with Crippen molar-refractivity contribution in [1.82, 2.24) is 4.90 Å². The number of hydrogen-bond donors (Lipinski definition) is 0. The van der Waals surface area contributed by atoms with Gasteiger partial charge in [0.15, 0.2) is 0 Å². The number of esters is 1. The minimum atomic E-state index is -0.487. The number of likely N-dealkylation sites (tertiary alicyclic amines) is 1. The number of piperidine rings is 1. The second kappa shape index (κ2) is 6.76. The minimum absolute atomic E-state index is 0.168. The highest BCUT2D eigenvalue weighted by molar-refractivity contribution is 14.1. The fraction of sp³-hybridized carbons (Fsp3) is 0.429. The Kier molecular flexibility index (Phi) is 5.26. The molecule has 1 aromatic carbocycles. The van der Waals surface area contributed by atoms with Crippen LogP contribution in [0.3, 0.4) is 0 Å². The van der Waals surface area contributed by atoms with Gasteiger partial charge in [0.25, 0.3) is 5.91 Å². The molecule has 1 heterocycles. The molecule has 0 N–H and O–H groups in total. The van der Waals surface area contributed by atoms with Crippen molar-refractivity contribution in [2.45, 2.75) is 25.3 Å². The summed E-state index contributed by atoms with van der Waals surface area (Å²) in [5, 5.41) is 0.545. The van der Waals surface area contributed by atoms with Crippen LogP contribution in [0.5, 0.6) is 0 Å². The number of hydrogen-bond acceptors (Lipinski definition) is 3. The standard InChI is InChI=1S/C14H15ClINO3/c1-20-14(19)12-4-2-3-7-17(12)13(18)9-5-6-11(16)10(15)8-9/h5-6,8,12H,2-4,7H2,1H3. The first-order chi connectivity index (χ1) is 9.54. The lowest BCUT2D eigenvalue weighted by molar-refractivity contribution is -0.147. The van der Waals surface area contributed by atoms with Crippen molar-refractivity contribution in [3.05, 3.63) is 32.4 Å². The van der Waals surface area contributed by atoms with Crippen molar-refractivity contribution in [3.8, 4) is 0 Å². The Labute approximate surface area is 136 Å². The number of halogens is 2. The zero-order chi connectivity index (χ0) is 14.7. The number of amides is 1. The summed E-state index contributed by atoms with van der Waals surface area (Å²) in [7, 11) is 1.35. The van der Waals surface area contributed by atoms with E-state index >= 15 is 0 Å². The summed E-state index contributed by atoms with van der Waals surface area (Å²) >= 11 is 8.16. The molecule has 1 atom stereocenters. The van der Waals surface area contributed by atoms with E-state index in [1.54, 1.807) is 23.1 Å². The van der Waals surface area contributed by atoms with Gasteiger partial charge in [-0.1, -0.05) is 11.6 Å². The third kappa shape index (κ3) is 3.25. The second-order valence-corrected chi connectivity index (χ2v) is 6.23. The highest BCUT2D eigenvalue weighted by Crippen LogP contribution is 2.24. The normalized spacial score (nSPS) is 18.8. The molecule has 1 unspecified atom stereocenters. The molecular formula is C14H15ClINO3. The fourth-order valence-corrected chi connectivity index (χ4v) is 2.87. The van der Waals surface area contributed by atoms with Crippen LogP contribution in [0.2, 0.25) is 5.02 Å². The number of rotatable bonds is 2. The summed E-state index contributed by atoms with van der Waals surface area (Å²) in [6, 6.07) is 4.69. The zero-order valence-corrected chi connectivity index (χ0v) is 14.0. The fourth-order valence-electron chi connectivity index (χ4n) is 2.35. The monoisotopic (exact) mass is 407 g/mol. The van der Waals surface area contributed by atoms with Gasteiger partial charge in [-0.3, -0.25) is 4.79 Å². The molecule has 2 rings (SSSR count). The lowest BCUT2D eigenvalue weighted by Crippen LogP contribution is -2.48. The predicted molar refractivity (Wildman–Crippen MR) is 84.9 cm³/mol. The summed E-state index contributed by atoms with van der Waals surface area (Å²) in [4.78, 5) is 25.9. The summed E-state index contributed by atoms with van der Waals surface area (Å²) in [6.45, 7) is 0.572. The smallest absolute Gasteiger partial charge is 0.328 e. The van der Waals surface area contributed by atoms with Gasteiger partial charge in [-0.05, 0) is 60.1 Å². The molecule has 0 aliphatic carbocycles. The average Bonchev–Trinajstić information content (AvgIpc) is 2.48. The molecule has 0 bridgehead atoms. The van der Waals surface area contributed by atoms with Gasteiger partial charge in [0.05, 0.1) is 12.1 Å². The van der Waals surface area contributed by atoms with E-state index in [2.05, 4.69) is 22.6 Å². The Morgan fingerprint density at radius 3 is 2.80 bits per heavy atom. The molecule has 4 nitrogen and oxygen atoms in total. The van der Waals surface area contributed by atoms with Gasteiger partial charge in [0, 0.05) is 15.7 Å². The first-order valence-corrected chi connectivity index (χ1v) is 7.84. The van der Waals surface area contributed by atoms with Gasteiger partial charge in [-0.2, -0.15) is 0 Å². The molecule has 0 spiro atoms. The zero-order valence-electron chi connectivity index (χ0n) is 11.1. The lowest BCUT2D eigenvalue weighted by atomic mass is 10.0. The summed E-state index contributed by atoms with van der Waals surface area (Å²) < 4.78 is 5.68. The van der Waals surface area contributed by atoms with Crippen LogP contribution >= 0.6 is 34.2 Å². The van der Waals surface area contributed by atoms with Gasteiger partial charge in [-0.15, -0.1) is 0 Å². The number of benzene rings is 1. The van der Waals surface area contributed by atoms with Gasteiger partial charge < -0.3 is 9.64 Å². The van der Waals surface area contributed by atoms with Crippen molar-refractivity contribution in [2.24, 2.45) is 0 Å². The average molecular weight is 408 g/mol. The third-order valence-electron chi connectivity index (χ3n) is 3.40. The minimum Gasteiger partial charge on any atom is -0.467 e. The molecule has 6 heteroatoms. The van der Waals surface area contributed by atoms with Crippen molar-refractivity contribution >= 4 is 46.1 Å². The van der Waals surface area contributed by atoms with E-state index in [1.807, 2.05) is 0 Å². The molecule has 108 valence electrons. The van der Waals surface area contributed by atoms with Gasteiger partial charge >= 0.3 is 5.97 Å². The van der Waals surface area contributed by atoms with Crippen LogP contribution in [-0.4, -0.2) is 36.5 Å². The molecule has 0 saturated carbocycles. The maximum Gasteiger partial charge on any atom is 0.328 e. The molecule has 20 heavy (non-hydrogen) atoms. The van der Waals surface area contributed by atoms with Crippen molar-refractivity contribution in [1.29, 1.82) is 0 Å². The largest absolute Gasteiger partial charge is 0.467 e. The van der Waals surface area contributed by atoms with E-state index in [9.17, 15) is 9.59 Å². The van der Waals surface area contributed by atoms with Crippen molar-refractivity contribution in [3.63, 3.8) is 0 Å². The SMILES string of the molecule is COC(=O)C1CCCCN1C(=O)c1ccc(I)c(Cl)c1. The molecule has 1 saturated heterocycles. The number of nitrogens with zero attached hydrogens (tertiary/aromatic N) is 1. The van der Waals surface area contributed by atoms with Crippen LogP contribution < -0.4 is 0 Å². The molecule has 0 aromatic heterocycles. The van der Waals surface area contributed by atoms with Crippen LogP contribution in [0.4, 0.5) is 0 Å². The van der Waals surface area contributed by atoms with Crippen LogP contribution in [0, 0.1) is 3.57 Å². The summed E-state index contributed by atoms with van der Waals surface area (Å²) in [5.41, 5.74) is 0.506. The van der Waals surface area contributed by atoms with Crippen LogP contribution in [0.15, 0.2) is 18.2 Å². The third-order valence-corrected chi connectivity index (χ3v) is 4.98. The molecule has 1 fully saturated rings. The Bertz CT molecular complexity index is 535. The number of carbonyl (C=O) groups is 2. The van der Waals surface area contributed by atoms with E-state index in [4.69, 9.17) is 16.3 Å². The maximum atomic E-state index is 12.6. The Morgan fingerprint density at radius 2 is 2.15 bits per heavy atom. The quantitative estimate of drug-likeness (QED) is 0.559. The van der Waals surface area contributed by atoms with E-state index < -0.39 is 6.04 Å². The van der Waals surface area contributed by atoms with Gasteiger partial charge in [-0.25, -0.2) is 4.79 Å². The van der Waals surface area contributed by atoms with E-state index in [1.165, 1.54) is 7.11 Å². The Morgan fingerprint density at radius 1 is 1.40 bits per heavy atom. The van der Waals surface area contributed by atoms with Gasteiger partial charge in [0.2, 0.25) is 0 Å². The van der Waals surface area contributed by atoms with E-state index in [-0.39, 0.29) is 11.9 Å². The van der Waals surface area contributed by atoms with Crippen LogP contribution in [-0.2, 0) is 9.53 Å². The maximum absolute atomic E-state index is 12.6. The highest BCUT2D eigenvalue weighted by atomic mass is 127. The highest BCUT2D eigenvalue weighted by Gasteiger charge is 2.33. The first-order valence-electron chi connectivity index (χ1n) is 6.38. The molecule has 1 aromatic rings. The number of carbonyl (C=O) groups excluding carboxylic acids is 2. The topological polar surface area (TPSA) is 46.6 Å². The molecular weight excluding hydrogens is 393 g/mol. The predicted octanol–water partition coefficient (Wildman–Crippen LogP) is 3.11. The second-order valence-electron chi connectivity index (χ2n) is 4.66. The summed E-state index contributed by atoms with van der Waals surface area (Å²) in [5.74, 6) is -0.520. The lowest BCUT2D eigenvalue weighted by Gasteiger charge is -2.33. The molecule has 1 amide bonds. The number of ether oxygens (including phenoxy) is 1. The van der Waals surface area contributed by atoms with E-state index in [0.29, 0.717) is 23.6 Å². The molecule has 1 aliphatic heterocycles. The Hall–Kier alpha value is -0.820. The van der Waals surface area contributed by atoms with Crippen LogP contribution in [0.25, 0.3) is 0 Å². The van der Waals surface area contributed by atoms with Gasteiger partial charge in [0.1, 0.15) is 6.04 Å². The summed E-state index contributed by atoms with van der Waals surface area (Å²) in [6.07, 6.45) is 2.48. The van der Waals surface area contributed by atoms with Crippen molar-refractivity contribution < 1.29 is 14.3 Å².